The van der Waals surface area contributed by atoms with Gasteiger partial charge in [0.25, 0.3) is 0 Å². The highest BCUT2D eigenvalue weighted by Crippen LogP contribution is 2.26. The van der Waals surface area contributed by atoms with Crippen LogP contribution in [0.1, 0.15) is 0 Å². The molecule has 0 saturated carbocycles. The van der Waals surface area contributed by atoms with Gasteiger partial charge < -0.3 is 15.7 Å². The van der Waals surface area contributed by atoms with Crippen LogP contribution in [-0.2, 0) is 0 Å². The Balaban J connectivity index is 2.27. The largest absolute Gasteiger partial charge is 0.392 e. The number of aliphatic hydroxyl groups is 1. The lowest BCUT2D eigenvalue weighted by atomic mass is 10.4. The van der Waals surface area contributed by atoms with Gasteiger partial charge in [-0.25, -0.2) is 0 Å². The lowest BCUT2D eigenvalue weighted by Gasteiger charge is -2.06. The molecule has 1 aromatic rings. The zero-order chi connectivity index (χ0) is 7.68. The number of hydrogen-bond acceptors (Lipinski definition) is 4. The van der Waals surface area contributed by atoms with Crippen molar-refractivity contribution in [3.63, 3.8) is 0 Å². The van der Waals surface area contributed by atoms with Crippen LogP contribution >= 0.6 is 0 Å². The van der Waals surface area contributed by atoms with Gasteiger partial charge in [0.1, 0.15) is 6.17 Å². The molecule has 2 rings (SSSR count). The van der Waals surface area contributed by atoms with Crippen LogP contribution in [0.3, 0.4) is 0 Å². The summed E-state index contributed by atoms with van der Waals surface area (Å²) in [6.07, 6.45) is 3.39. The molecular weight excluding hydrogens is 142 g/mol. The highest BCUT2D eigenvalue weighted by atomic mass is 16.3. The van der Waals surface area contributed by atoms with Crippen molar-refractivity contribution in [2.75, 3.05) is 17.2 Å². The van der Waals surface area contributed by atoms with Gasteiger partial charge >= 0.3 is 0 Å². The van der Waals surface area contributed by atoms with Crippen molar-refractivity contribution < 1.29 is 5.11 Å². The summed E-state index contributed by atoms with van der Waals surface area (Å²) in [6.45, 7) is 0.0781. The van der Waals surface area contributed by atoms with Gasteiger partial charge in [-0.1, -0.05) is 0 Å². The summed E-state index contributed by atoms with van der Waals surface area (Å²) >= 11 is 0. The van der Waals surface area contributed by atoms with E-state index in [9.17, 15) is 0 Å². The monoisotopic (exact) mass is 151 g/mol. The number of hydrogen-bond donors (Lipinski definition) is 3. The highest BCUT2D eigenvalue weighted by molar-refractivity contribution is 5.72. The Bertz CT molecular complexity index is 239. The van der Waals surface area contributed by atoms with Crippen LogP contribution in [0.5, 0.6) is 0 Å². The second-order valence-corrected chi connectivity index (χ2v) is 2.45. The summed E-state index contributed by atoms with van der Waals surface area (Å²) in [7, 11) is 0. The number of anilines is 2. The van der Waals surface area contributed by atoms with Gasteiger partial charge in [0, 0.05) is 6.20 Å². The zero-order valence-electron chi connectivity index (χ0n) is 5.91. The summed E-state index contributed by atoms with van der Waals surface area (Å²) in [5.41, 5.74) is 1.95. The predicted molar refractivity (Wildman–Crippen MR) is 42.4 cm³/mol. The quantitative estimate of drug-likeness (QED) is 0.538. The van der Waals surface area contributed by atoms with Gasteiger partial charge in [0.15, 0.2) is 0 Å². The molecule has 1 atom stereocenters. The summed E-state index contributed by atoms with van der Waals surface area (Å²) in [5.74, 6) is 0. The van der Waals surface area contributed by atoms with Gasteiger partial charge in [-0.3, -0.25) is 4.98 Å². The number of rotatable bonds is 1. The van der Waals surface area contributed by atoms with E-state index in [-0.39, 0.29) is 12.8 Å². The van der Waals surface area contributed by atoms with E-state index in [0.717, 1.165) is 11.4 Å². The number of aliphatic hydroxyl groups excluding tert-OH is 1. The molecule has 2 heterocycles. The molecule has 1 aliphatic rings. The van der Waals surface area contributed by atoms with Crippen LogP contribution in [0.15, 0.2) is 18.5 Å². The van der Waals surface area contributed by atoms with Crippen molar-refractivity contribution in [1.82, 2.24) is 4.98 Å². The Morgan fingerprint density at radius 2 is 2.27 bits per heavy atom. The second-order valence-electron chi connectivity index (χ2n) is 2.45. The Hall–Kier alpha value is -1.29. The smallest absolute Gasteiger partial charge is 0.120 e. The van der Waals surface area contributed by atoms with E-state index in [0.29, 0.717) is 0 Å². The predicted octanol–water partition coefficient (Wildman–Crippen LogP) is 0.237. The van der Waals surface area contributed by atoms with Crippen LogP contribution in [0, 0.1) is 0 Å². The molecule has 0 radical (unpaired) electrons. The van der Waals surface area contributed by atoms with Crippen molar-refractivity contribution in [2.45, 2.75) is 6.17 Å². The van der Waals surface area contributed by atoms with Gasteiger partial charge in [-0.05, 0) is 6.07 Å². The van der Waals surface area contributed by atoms with Crippen LogP contribution in [-0.4, -0.2) is 22.9 Å². The van der Waals surface area contributed by atoms with Crippen LogP contribution in [0.25, 0.3) is 0 Å². The average molecular weight is 151 g/mol. The molecule has 3 N–H and O–H groups in total. The molecule has 1 unspecified atom stereocenters. The third kappa shape index (κ3) is 1.01. The van der Waals surface area contributed by atoms with Gasteiger partial charge in [-0.2, -0.15) is 0 Å². The zero-order valence-corrected chi connectivity index (χ0v) is 5.91. The summed E-state index contributed by atoms with van der Waals surface area (Å²) in [5, 5.41) is 14.9. The number of fused-ring (bicyclic) bond motifs is 1. The summed E-state index contributed by atoms with van der Waals surface area (Å²) < 4.78 is 0. The minimum absolute atomic E-state index is 0.0609. The summed E-state index contributed by atoms with van der Waals surface area (Å²) in [6, 6.07) is 1.87. The van der Waals surface area contributed by atoms with E-state index >= 15 is 0 Å². The standard InChI is InChI=1S/C7H9N3O/c11-4-7-9-5-1-2-8-3-6(5)10-7/h1-3,7,9-11H,4H2. The maximum absolute atomic E-state index is 8.79. The highest BCUT2D eigenvalue weighted by Gasteiger charge is 2.17. The Labute approximate surface area is 64.3 Å². The summed E-state index contributed by atoms with van der Waals surface area (Å²) in [4.78, 5) is 3.94. The lowest BCUT2D eigenvalue weighted by molar-refractivity contribution is 0.286. The van der Waals surface area contributed by atoms with Crippen molar-refractivity contribution in [3.05, 3.63) is 18.5 Å². The Morgan fingerprint density at radius 3 is 3.00 bits per heavy atom. The molecule has 58 valence electrons. The number of nitrogens with zero attached hydrogens (tertiary/aromatic N) is 1. The van der Waals surface area contributed by atoms with E-state index in [4.69, 9.17) is 5.11 Å². The fraction of sp³-hybridized carbons (Fsp3) is 0.286. The topological polar surface area (TPSA) is 57.2 Å². The van der Waals surface area contributed by atoms with Crippen molar-refractivity contribution in [2.24, 2.45) is 0 Å². The van der Waals surface area contributed by atoms with E-state index in [1.165, 1.54) is 0 Å². The molecule has 0 saturated heterocycles. The molecule has 1 aliphatic heterocycles. The van der Waals surface area contributed by atoms with E-state index < -0.39 is 0 Å². The van der Waals surface area contributed by atoms with E-state index in [2.05, 4.69) is 15.6 Å². The van der Waals surface area contributed by atoms with Crippen LogP contribution in [0.2, 0.25) is 0 Å². The van der Waals surface area contributed by atoms with Crippen molar-refractivity contribution in [1.29, 1.82) is 0 Å². The molecule has 4 heteroatoms. The maximum atomic E-state index is 8.79. The van der Waals surface area contributed by atoms with Gasteiger partial charge in [-0.15, -0.1) is 0 Å². The second kappa shape index (κ2) is 2.39. The SMILES string of the molecule is OCC1Nc2ccncc2N1. The minimum atomic E-state index is -0.0609. The average Bonchev–Trinajstić information content (AvgIpc) is 2.46. The lowest BCUT2D eigenvalue weighted by Crippen LogP contribution is -2.25. The number of aromatic nitrogens is 1. The first-order valence-corrected chi connectivity index (χ1v) is 3.48. The third-order valence-corrected chi connectivity index (χ3v) is 1.66. The first-order valence-electron chi connectivity index (χ1n) is 3.48. The molecule has 0 bridgehead atoms. The first kappa shape index (κ1) is 6.42. The fourth-order valence-corrected chi connectivity index (χ4v) is 1.14. The van der Waals surface area contributed by atoms with Crippen LogP contribution in [0.4, 0.5) is 11.4 Å². The molecule has 11 heavy (non-hydrogen) atoms. The molecular formula is C7H9N3O. The van der Waals surface area contributed by atoms with E-state index in [1.807, 2.05) is 6.07 Å². The van der Waals surface area contributed by atoms with E-state index in [1.54, 1.807) is 12.4 Å². The minimum Gasteiger partial charge on any atom is -0.392 e. The molecule has 0 amide bonds. The molecule has 4 nitrogen and oxygen atoms in total. The molecule has 0 fully saturated rings. The fourth-order valence-electron chi connectivity index (χ4n) is 1.14. The first-order chi connectivity index (χ1) is 5.40. The number of nitrogens with one attached hydrogen (secondary N) is 2. The van der Waals surface area contributed by atoms with Gasteiger partial charge in [0.05, 0.1) is 24.2 Å². The Kier molecular flexibility index (Phi) is 1.40. The maximum Gasteiger partial charge on any atom is 0.120 e. The van der Waals surface area contributed by atoms with Gasteiger partial charge in [0.2, 0.25) is 0 Å². The normalized spacial score (nSPS) is 20.3. The molecule has 0 aromatic carbocycles. The van der Waals surface area contributed by atoms with Crippen molar-refractivity contribution in [3.8, 4) is 0 Å². The Morgan fingerprint density at radius 1 is 1.45 bits per heavy atom. The molecule has 1 aromatic heterocycles. The molecule has 0 spiro atoms. The third-order valence-electron chi connectivity index (χ3n) is 1.66. The van der Waals surface area contributed by atoms with Crippen molar-refractivity contribution >= 4 is 11.4 Å². The van der Waals surface area contributed by atoms with Crippen LogP contribution < -0.4 is 10.6 Å². The molecule has 0 aliphatic carbocycles. The number of pyridine rings is 1.